The van der Waals surface area contributed by atoms with Crippen LogP contribution in [0.4, 0.5) is 5.69 Å². The highest BCUT2D eigenvalue weighted by Crippen LogP contribution is 2.28. The maximum Gasteiger partial charge on any atom is 0.273 e. The minimum atomic E-state index is -0.322. The fourth-order valence-electron chi connectivity index (χ4n) is 1.94. The third-order valence-corrected chi connectivity index (χ3v) is 2.64. The summed E-state index contributed by atoms with van der Waals surface area (Å²) in [6.45, 7) is 3.77. The van der Waals surface area contributed by atoms with E-state index >= 15 is 0 Å². The molecule has 0 atom stereocenters. The quantitative estimate of drug-likeness (QED) is 0.579. The van der Waals surface area contributed by atoms with E-state index in [0.717, 1.165) is 16.3 Å². The van der Waals surface area contributed by atoms with Crippen LogP contribution >= 0.6 is 0 Å². The molecular weight excluding hydrogens is 202 g/mol. The van der Waals surface area contributed by atoms with Gasteiger partial charge in [0.05, 0.1) is 4.92 Å². The van der Waals surface area contributed by atoms with Crippen molar-refractivity contribution in [1.29, 1.82) is 0 Å². The Morgan fingerprint density at radius 1 is 1.19 bits per heavy atom. The molecule has 0 heterocycles. The van der Waals surface area contributed by atoms with Crippen LogP contribution in [0.3, 0.4) is 0 Å². The van der Waals surface area contributed by atoms with Crippen LogP contribution in [0.1, 0.15) is 12.0 Å². The Hall–Kier alpha value is -1.90. The zero-order valence-corrected chi connectivity index (χ0v) is 8.85. The van der Waals surface area contributed by atoms with Crippen LogP contribution in [-0.4, -0.2) is 4.92 Å². The minimum Gasteiger partial charge on any atom is -0.258 e. The van der Waals surface area contributed by atoms with Gasteiger partial charge < -0.3 is 0 Å². The molecule has 0 unspecified atom stereocenters. The number of nitro benzene ring substituents is 1. The Morgan fingerprint density at radius 2 is 1.94 bits per heavy atom. The first kappa shape index (κ1) is 10.6. The van der Waals surface area contributed by atoms with Gasteiger partial charge in [-0.3, -0.25) is 10.1 Å². The zero-order valence-electron chi connectivity index (χ0n) is 8.85. The lowest BCUT2D eigenvalue weighted by Gasteiger charge is -2.06. The van der Waals surface area contributed by atoms with Crippen LogP contribution in [0, 0.1) is 17.0 Å². The number of aryl methyl sites for hydroxylation is 1. The van der Waals surface area contributed by atoms with Gasteiger partial charge in [-0.05, 0) is 29.7 Å². The molecule has 3 heteroatoms. The minimum absolute atomic E-state index is 0.197. The predicted molar refractivity (Wildman–Crippen MR) is 64.3 cm³/mol. The lowest BCUT2D eigenvalue weighted by atomic mass is 9.99. The molecule has 0 bridgehead atoms. The summed E-state index contributed by atoms with van der Waals surface area (Å²) in [5, 5.41) is 12.9. The standard InChI is InChI=1S/C13H12NO2/c1-2-5-12-11-7-4-3-6-10(11)8-9-13(12)14(15)16/h3-4,6-9H,1-2,5H2. The largest absolute Gasteiger partial charge is 0.273 e. The normalized spacial score (nSPS) is 10.6. The lowest BCUT2D eigenvalue weighted by Crippen LogP contribution is -1.96. The van der Waals surface area contributed by atoms with E-state index in [1.165, 1.54) is 0 Å². The number of nitro groups is 1. The zero-order chi connectivity index (χ0) is 11.5. The molecular formula is C13H12NO2. The number of benzene rings is 2. The summed E-state index contributed by atoms with van der Waals surface area (Å²) < 4.78 is 0. The molecule has 0 saturated heterocycles. The first-order valence-corrected chi connectivity index (χ1v) is 5.18. The summed E-state index contributed by atoms with van der Waals surface area (Å²) in [5.41, 5.74) is 0.987. The highest BCUT2D eigenvalue weighted by molar-refractivity contribution is 5.88. The molecule has 0 aliphatic carbocycles. The molecule has 2 aromatic rings. The van der Waals surface area contributed by atoms with Gasteiger partial charge >= 0.3 is 0 Å². The monoisotopic (exact) mass is 214 g/mol. The van der Waals surface area contributed by atoms with Gasteiger partial charge in [0.25, 0.3) is 5.69 Å². The van der Waals surface area contributed by atoms with Crippen molar-refractivity contribution in [2.24, 2.45) is 0 Å². The molecule has 81 valence electrons. The SMILES string of the molecule is [CH2]CCc1c([N+](=O)[O-])ccc2ccccc12. The Labute approximate surface area is 93.9 Å². The molecule has 0 aliphatic rings. The van der Waals surface area contributed by atoms with Crippen LogP contribution in [-0.2, 0) is 6.42 Å². The second kappa shape index (κ2) is 4.31. The third kappa shape index (κ3) is 1.76. The van der Waals surface area contributed by atoms with Gasteiger partial charge in [-0.15, -0.1) is 0 Å². The van der Waals surface area contributed by atoms with E-state index in [-0.39, 0.29) is 10.6 Å². The van der Waals surface area contributed by atoms with Crippen molar-refractivity contribution >= 4 is 16.5 Å². The van der Waals surface area contributed by atoms with Crippen LogP contribution in [0.15, 0.2) is 36.4 Å². The lowest BCUT2D eigenvalue weighted by molar-refractivity contribution is -0.385. The molecule has 3 nitrogen and oxygen atoms in total. The number of hydrogen-bond donors (Lipinski definition) is 0. The third-order valence-electron chi connectivity index (χ3n) is 2.64. The number of hydrogen-bond acceptors (Lipinski definition) is 2. The summed E-state index contributed by atoms with van der Waals surface area (Å²) in [5.74, 6) is 0. The fourth-order valence-corrected chi connectivity index (χ4v) is 1.94. The second-order valence-corrected chi connectivity index (χ2v) is 3.65. The maximum atomic E-state index is 10.9. The molecule has 2 aromatic carbocycles. The molecule has 0 spiro atoms. The van der Waals surface area contributed by atoms with Crippen molar-refractivity contribution < 1.29 is 4.92 Å². The topological polar surface area (TPSA) is 43.1 Å². The van der Waals surface area contributed by atoms with Crippen molar-refractivity contribution in [1.82, 2.24) is 0 Å². The molecule has 0 saturated carbocycles. The van der Waals surface area contributed by atoms with Crippen molar-refractivity contribution in [3.05, 3.63) is 59.0 Å². The average molecular weight is 214 g/mol. The van der Waals surface area contributed by atoms with E-state index in [0.29, 0.717) is 12.8 Å². The predicted octanol–water partition coefficient (Wildman–Crippen LogP) is 3.51. The average Bonchev–Trinajstić information content (AvgIpc) is 2.29. The van der Waals surface area contributed by atoms with Crippen molar-refractivity contribution in [3.63, 3.8) is 0 Å². The van der Waals surface area contributed by atoms with E-state index in [4.69, 9.17) is 0 Å². The highest BCUT2D eigenvalue weighted by Gasteiger charge is 2.15. The fraction of sp³-hybridized carbons (Fsp3) is 0.154. The van der Waals surface area contributed by atoms with Crippen LogP contribution in [0.5, 0.6) is 0 Å². The summed E-state index contributed by atoms with van der Waals surface area (Å²) in [6.07, 6.45) is 1.30. The molecule has 1 radical (unpaired) electrons. The van der Waals surface area contributed by atoms with Gasteiger partial charge in [-0.1, -0.05) is 31.2 Å². The van der Waals surface area contributed by atoms with Crippen molar-refractivity contribution in [2.45, 2.75) is 12.8 Å². The molecule has 0 N–H and O–H groups in total. The van der Waals surface area contributed by atoms with E-state index in [2.05, 4.69) is 6.92 Å². The Balaban J connectivity index is 2.73. The first-order valence-electron chi connectivity index (χ1n) is 5.18. The van der Waals surface area contributed by atoms with Crippen molar-refractivity contribution in [3.8, 4) is 0 Å². The molecule has 0 amide bonds. The van der Waals surface area contributed by atoms with Crippen molar-refractivity contribution in [2.75, 3.05) is 0 Å². The Bertz CT molecular complexity index is 534. The number of fused-ring (bicyclic) bond motifs is 1. The Kier molecular flexibility index (Phi) is 2.86. The second-order valence-electron chi connectivity index (χ2n) is 3.65. The van der Waals surface area contributed by atoms with E-state index in [1.54, 1.807) is 12.1 Å². The molecule has 0 fully saturated rings. The van der Waals surface area contributed by atoms with Gasteiger partial charge in [0.2, 0.25) is 0 Å². The smallest absolute Gasteiger partial charge is 0.258 e. The van der Waals surface area contributed by atoms with Gasteiger partial charge in [0, 0.05) is 11.6 Å². The summed E-state index contributed by atoms with van der Waals surface area (Å²) in [4.78, 5) is 10.6. The van der Waals surface area contributed by atoms with Gasteiger partial charge in [0.15, 0.2) is 0 Å². The maximum absolute atomic E-state index is 10.9. The number of nitrogens with zero attached hydrogens (tertiary/aromatic N) is 1. The molecule has 2 rings (SSSR count). The summed E-state index contributed by atoms with van der Waals surface area (Å²) >= 11 is 0. The molecule has 16 heavy (non-hydrogen) atoms. The molecule has 0 aliphatic heterocycles. The van der Waals surface area contributed by atoms with E-state index in [1.807, 2.05) is 24.3 Å². The van der Waals surface area contributed by atoms with Crippen LogP contribution in [0.25, 0.3) is 10.8 Å². The summed E-state index contributed by atoms with van der Waals surface area (Å²) in [7, 11) is 0. The first-order chi connectivity index (χ1) is 7.74. The molecule has 0 aromatic heterocycles. The van der Waals surface area contributed by atoms with E-state index < -0.39 is 0 Å². The Morgan fingerprint density at radius 3 is 2.62 bits per heavy atom. The van der Waals surface area contributed by atoms with E-state index in [9.17, 15) is 10.1 Å². The highest BCUT2D eigenvalue weighted by atomic mass is 16.6. The van der Waals surface area contributed by atoms with Gasteiger partial charge in [0.1, 0.15) is 0 Å². The van der Waals surface area contributed by atoms with Crippen LogP contribution < -0.4 is 0 Å². The van der Waals surface area contributed by atoms with Gasteiger partial charge in [-0.2, -0.15) is 0 Å². The number of rotatable bonds is 3. The van der Waals surface area contributed by atoms with Gasteiger partial charge in [-0.25, -0.2) is 0 Å². The van der Waals surface area contributed by atoms with Crippen LogP contribution in [0.2, 0.25) is 0 Å². The summed E-state index contributed by atoms with van der Waals surface area (Å²) in [6, 6.07) is 11.1.